The van der Waals surface area contributed by atoms with Gasteiger partial charge in [0.05, 0.1) is 0 Å². The lowest BCUT2D eigenvalue weighted by atomic mass is 10.1. The van der Waals surface area contributed by atoms with Gasteiger partial charge in [-0.05, 0) is 74.4 Å². The Balaban J connectivity index is 1.47. The molecule has 0 N–H and O–H groups in total. The summed E-state index contributed by atoms with van der Waals surface area (Å²) >= 11 is 0. The molecule has 0 aliphatic carbocycles. The number of rotatable bonds is 7. The van der Waals surface area contributed by atoms with Gasteiger partial charge >= 0.3 is 5.97 Å². The van der Waals surface area contributed by atoms with Crippen LogP contribution in [0.3, 0.4) is 0 Å². The molecule has 0 unspecified atom stereocenters. The topological polar surface area (TPSA) is 57.1 Å². The molecule has 0 aromatic heterocycles. The molecule has 0 amide bonds. The summed E-state index contributed by atoms with van der Waals surface area (Å²) in [5.74, 6) is 1.31. The first kappa shape index (κ1) is 21.4. The molecule has 0 atom stereocenters. The minimum atomic E-state index is -0.477. The van der Waals surface area contributed by atoms with Gasteiger partial charge < -0.3 is 14.2 Å². The third kappa shape index (κ3) is 5.24. The molecule has 1 aliphatic heterocycles. The standard InChI is InChI=1S/C27H25NO4/c1-18-9-10-25(31-12-11-30-23-15-19(2)13-20(3)16-23)22(14-18)17-24-27(29)32-26(28-24)21-7-5-4-6-8-21/h4-10,13-17H,11-12H2,1-3H3. The SMILES string of the molecule is Cc1cc(C)cc(OCCOc2ccc(C)cc2C=C2N=C(c3ccccc3)OC2=O)c1. The Kier molecular flexibility index (Phi) is 6.36. The van der Waals surface area contributed by atoms with Gasteiger partial charge in [-0.25, -0.2) is 9.79 Å². The number of cyclic esters (lactones) is 1. The van der Waals surface area contributed by atoms with Gasteiger partial charge in [-0.3, -0.25) is 0 Å². The fourth-order valence-electron chi connectivity index (χ4n) is 3.50. The molecule has 4 rings (SSSR count). The van der Waals surface area contributed by atoms with Gasteiger partial charge in [-0.2, -0.15) is 0 Å². The average molecular weight is 428 g/mol. The molecule has 32 heavy (non-hydrogen) atoms. The second-order valence-electron chi connectivity index (χ2n) is 7.76. The number of benzene rings is 3. The number of nitrogens with zero attached hydrogens (tertiary/aromatic N) is 1. The monoisotopic (exact) mass is 427 g/mol. The third-order valence-corrected chi connectivity index (χ3v) is 4.90. The maximum atomic E-state index is 12.4. The number of carbonyl (C=O) groups is 1. The van der Waals surface area contributed by atoms with E-state index in [1.807, 2.05) is 81.4 Å². The highest BCUT2D eigenvalue weighted by molar-refractivity contribution is 6.12. The normalized spacial score (nSPS) is 14.3. The van der Waals surface area contributed by atoms with E-state index >= 15 is 0 Å². The molecule has 3 aromatic carbocycles. The van der Waals surface area contributed by atoms with Crippen molar-refractivity contribution in [1.29, 1.82) is 0 Å². The van der Waals surface area contributed by atoms with Crippen molar-refractivity contribution < 1.29 is 19.0 Å². The van der Waals surface area contributed by atoms with E-state index in [4.69, 9.17) is 14.2 Å². The van der Waals surface area contributed by atoms with E-state index in [9.17, 15) is 4.79 Å². The second-order valence-corrected chi connectivity index (χ2v) is 7.76. The predicted molar refractivity (Wildman–Crippen MR) is 125 cm³/mol. The largest absolute Gasteiger partial charge is 0.490 e. The Morgan fingerprint density at radius 2 is 1.56 bits per heavy atom. The molecule has 5 heteroatoms. The van der Waals surface area contributed by atoms with Crippen LogP contribution in [0.25, 0.3) is 6.08 Å². The van der Waals surface area contributed by atoms with Gasteiger partial charge in [-0.1, -0.05) is 35.9 Å². The molecule has 0 spiro atoms. The molecule has 0 saturated heterocycles. The summed E-state index contributed by atoms with van der Waals surface area (Å²) in [6, 6.07) is 21.3. The van der Waals surface area contributed by atoms with Crippen molar-refractivity contribution in [2.24, 2.45) is 4.99 Å². The van der Waals surface area contributed by atoms with Crippen LogP contribution in [0.1, 0.15) is 27.8 Å². The van der Waals surface area contributed by atoms with Crippen molar-refractivity contribution in [3.8, 4) is 11.5 Å². The first-order valence-electron chi connectivity index (χ1n) is 10.5. The van der Waals surface area contributed by atoms with Crippen molar-refractivity contribution in [2.75, 3.05) is 13.2 Å². The van der Waals surface area contributed by atoms with Crippen molar-refractivity contribution in [2.45, 2.75) is 20.8 Å². The molecule has 162 valence electrons. The first-order chi connectivity index (χ1) is 15.5. The van der Waals surface area contributed by atoms with Crippen LogP contribution >= 0.6 is 0 Å². The summed E-state index contributed by atoms with van der Waals surface area (Å²) in [6.45, 7) is 6.85. The molecular weight excluding hydrogens is 402 g/mol. The van der Waals surface area contributed by atoms with E-state index in [1.54, 1.807) is 6.08 Å². The number of esters is 1. The number of hydrogen-bond donors (Lipinski definition) is 0. The van der Waals surface area contributed by atoms with E-state index in [1.165, 1.54) is 0 Å². The minimum Gasteiger partial charge on any atom is -0.490 e. The van der Waals surface area contributed by atoms with E-state index in [-0.39, 0.29) is 5.70 Å². The number of ether oxygens (including phenoxy) is 3. The molecule has 3 aromatic rings. The Hall–Kier alpha value is -3.86. The van der Waals surface area contributed by atoms with Crippen LogP contribution in [0.5, 0.6) is 11.5 Å². The predicted octanol–water partition coefficient (Wildman–Crippen LogP) is 5.41. The lowest BCUT2D eigenvalue weighted by molar-refractivity contribution is -0.129. The summed E-state index contributed by atoms with van der Waals surface area (Å²) in [7, 11) is 0. The number of carbonyl (C=O) groups excluding carboxylic acids is 1. The summed E-state index contributed by atoms with van der Waals surface area (Å²) in [5.41, 5.74) is 5.13. The third-order valence-electron chi connectivity index (χ3n) is 4.90. The second kappa shape index (κ2) is 9.52. The van der Waals surface area contributed by atoms with Crippen LogP contribution in [0.15, 0.2) is 77.4 Å². The minimum absolute atomic E-state index is 0.241. The van der Waals surface area contributed by atoms with Crippen molar-refractivity contribution in [3.63, 3.8) is 0 Å². The molecule has 0 fully saturated rings. The summed E-state index contributed by atoms with van der Waals surface area (Å²) in [5, 5.41) is 0. The number of aliphatic imine (C=N–C) groups is 1. The van der Waals surface area contributed by atoms with Gasteiger partial charge in [0.1, 0.15) is 24.7 Å². The quantitative estimate of drug-likeness (QED) is 0.287. The summed E-state index contributed by atoms with van der Waals surface area (Å²) in [6.07, 6.45) is 1.70. The van der Waals surface area contributed by atoms with Crippen LogP contribution in [0.4, 0.5) is 0 Å². The van der Waals surface area contributed by atoms with Crippen molar-refractivity contribution in [3.05, 3.63) is 100 Å². The average Bonchev–Trinajstić information content (AvgIpc) is 3.13. The van der Waals surface area contributed by atoms with Crippen LogP contribution < -0.4 is 9.47 Å². The fourth-order valence-corrected chi connectivity index (χ4v) is 3.50. The van der Waals surface area contributed by atoms with Gasteiger partial charge in [0.2, 0.25) is 5.90 Å². The molecule has 0 bridgehead atoms. The molecule has 5 nitrogen and oxygen atoms in total. The zero-order chi connectivity index (χ0) is 22.5. The summed E-state index contributed by atoms with van der Waals surface area (Å²) in [4.78, 5) is 16.7. The van der Waals surface area contributed by atoms with E-state index < -0.39 is 5.97 Å². The molecule has 0 saturated carbocycles. The van der Waals surface area contributed by atoms with Gasteiger partial charge in [0, 0.05) is 11.1 Å². The van der Waals surface area contributed by atoms with E-state index in [0.29, 0.717) is 24.9 Å². The maximum absolute atomic E-state index is 12.4. The van der Waals surface area contributed by atoms with Gasteiger partial charge in [0.25, 0.3) is 0 Å². The highest BCUT2D eigenvalue weighted by Crippen LogP contribution is 2.26. The van der Waals surface area contributed by atoms with Crippen LogP contribution in [0, 0.1) is 20.8 Å². The zero-order valence-corrected chi connectivity index (χ0v) is 18.4. The first-order valence-corrected chi connectivity index (χ1v) is 10.5. The molecule has 1 aliphatic rings. The Bertz CT molecular complexity index is 1180. The van der Waals surface area contributed by atoms with Crippen molar-refractivity contribution >= 4 is 17.9 Å². The van der Waals surface area contributed by atoms with Crippen LogP contribution in [-0.4, -0.2) is 25.1 Å². The maximum Gasteiger partial charge on any atom is 0.363 e. The lowest BCUT2D eigenvalue weighted by Gasteiger charge is -2.12. The Labute approximate surface area is 188 Å². The van der Waals surface area contributed by atoms with Crippen LogP contribution in [0.2, 0.25) is 0 Å². The molecular formula is C27H25NO4. The summed E-state index contributed by atoms with van der Waals surface area (Å²) < 4.78 is 17.1. The van der Waals surface area contributed by atoms with Gasteiger partial charge in [-0.15, -0.1) is 0 Å². The fraction of sp³-hybridized carbons (Fsp3) is 0.185. The molecule has 0 radical (unpaired) electrons. The Morgan fingerprint density at radius 1 is 0.844 bits per heavy atom. The lowest BCUT2D eigenvalue weighted by Crippen LogP contribution is -2.10. The molecule has 1 heterocycles. The Morgan fingerprint density at radius 3 is 2.31 bits per heavy atom. The highest BCUT2D eigenvalue weighted by Gasteiger charge is 2.24. The van der Waals surface area contributed by atoms with E-state index in [0.717, 1.165) is 33.6 Å². The zero-order valence-electron chi connectivity index (χ0n) is 18.4. The smallest absolute Gasteiger partial charge is 0.363 e. The number of aryl methyl sites for hydroxylation is 3. The number of hydrogen-bond acceptors (Lipinski definition) is 5. The van der Waals surface area contributed by atoms with Crippen LogP contribution in [-0.2, 0) is 9.53 Å². The highest BCUT2D eigenvalue weighted by atomic mass is 16.6. The van der Waals surface area contributed by atoms with Crippen molar-refractivity contribution in [1.82, 2.24) is 0 Å². The van der Waals surface area contributed by atoms with Gasteiger partial charge in [0.15, 0.2) is 5.70 Å². The van der Waals surface area contributed by atoms with E-state index in [2.05, 4.69) is 11.1 Å².